The van der Waals surface area contributed by atoms with E-state index in [1.54, 1.807) is 25.3 Å². The van der Waals surface area contributed by atoms with Gasteiger partial charge in [-0.1, -0.05) is 0 Å². The van der Waals surface area contributed by atoms with Crippen LogP contribution in [0, 0.1) is 5.92 Å². The zero-order valence-corrected chi connectivity index (χ0v) is 16.8. The zero-order chi connectivity index (χ0) is 19.9. The Kier molecular flexibility index (Phi) is 7.14. The second-order valence-electron chi connectivity index (χ2n) is 7.45. The molecule has 28 heavy (non-hydrogen) atoms. The van der Waals surface area contributed by atoms with Gasteiger partial charge in [-0.2, -0.15) is 0 Å². The number of hydrogen-bond acceptors (Lipinski definition) is 5. The number of benzene rings is 1. The highest BCUT2D eigenvalue weighted by molar-refractivity contribution is 5.95. The van der Waals surface area contributed by atoms with Crippen molar-refractivity contribution in [2.24, 2.45) is 5.92 Å². The Morgan fingerprint density at radius 2 is 2.11 bits per heavy atom. The number of hydrogen-bond donors (Lipinski definition) is 2. The Balaban J connectivity index is 1.57. The summed E-state index contributed by atoms with van der Waals surface area (Å²) in [6.07, 6.45) is 3.92. The average Bonchev–Trinajstić information content (AvgIpc) is 3.27. The van der Waals surface area contributed by atoms with E-state index in [0.717, 1.165) is 38.8 Å². The number of likely N-dealkylation sites (tertiary alicyclic amines) is 1. The average molecular weight is 389 g/mol. The van der Waals surface area contributed by atoms with Gasteiger partial charge in [0.25, 0.3) is 5.91 Å². The molecule has 3 rings (SSSR count). The minimum Gasteiger partial charge on any atom is -0.493 e. The van der Waals surface area contributed by atoms with E-state index in [1.165, 1.54) is 0 Å². The smallest absolute Gasteiger partial charge is 0.254 e. The number of nitrogens with zero attached hydrogens (tertiary/aromatic N) is 1. The molecule has 7 nitrogen and oxygen atoms in total. The number of carbonyl (C=O) groups excluding carboxylic acids is 2. The molecular weight excluding hydrogens is 358 g/mol. The monoisotopic (exact) mass is 389 g/mol. The minimum absolute atomic E-state index is 0.00478. The fourth-order valence-corrected chi connectivity index (χ4v) is 3.95. The molecule has 2 atom stereocenters. The number of carbonyl (C=O) groups is 2. The normalized spacial score (nSPS) is 22.0. The second-order valence-corrected chi connectivity index (χ2v) is 7.45. The molecule has 0 aliphatic carbocycles. The van der Waals surface area contributed by atoms with Crippen molar-refractivity contribution in [3.63, 3.8) is 0 Å². The van der Waals surface area contributed by atoms with Crippen molar-refractivity contribution in [2.75, 3.05) is 39.9 Å². The zero-order valence-electron chi connectivity index (χ0n) is 16.8. The van der Waals surface area contributed by atoms with Gasteiger partial charge in [0.1, 0.15) is 0 Å². The van der Waals surface area contributed by atoms with Crippen molar-refractivity contribution in [1.29, 1.82) is 0 Å². The second kappa shape index (κ2) is 9.78. The van der Waals surface area contributed by atoms with Crippen molar-refractivity contribution >= 4 is 11.8 Å². The fourth-order valence-electron chi connectivity index (χ4n) is 3.95. The lowest BCUT2D eigenvalue weighted by Gasteiger charge is -2.33. The maximum absolute atomic E-state index is 13.0. The minimum atomic E-state index is -0.0577. The van der Waals surface area contributed by atoms with Crippen LogP contribution in [0.4, 0.5) is 0 Å². The Labute approximate surface area is 166 Å². The van der Waals surface area contributed by atoms with E-state index >= 15 is 0 Å². The Hall–Kier alpha value is -2.28. The van der Waals surface area contributed by atoms with E-state index in [-0.39, 0.29) is 23.8 Å². The first-order chi connectivity index (χ1) is 13.6. The van der Waals surface area contributed by atoms with Crippen LogP contribution in [0.3, 0.4) is 0 Å². The van der Waals surface area contributed by atoms with Crippen LogP contribution >= 0.6 is 0 Å². The molecule has 7 heteroatoms. The van der Waals surface area contributed by atoms with E-state index in [0.29, 0.717) is 36.8 Å². The van der Waals surface area contributed by atoms with Crippen LogP contribution in [0.25, 0.3) is 0 Å². The Morgan fingerprint density at radius 3 is 2.82 bits per heavy atom. The number of rotatable bonds is 7. The van der Waals surface area contributed by atoms with Crippen LogP contribution in [0.1, 0.15) is 43.0 Å². The number of ether oxygens (including phenoxy) is 2. The highest BCUT2D eigenvalue weighted by Gasteiger charge is 2.27. The summed E-state index contributed by atoms with van der Waals surface area (Å²) in [7, 11) is 1.57. The van der Waals surface area contributed by atoms with Gasteiger partial charge >= 0.3 is 0 Å². The summed E-state index contributed by atoms with van der Waals surface area (Å²) in [4.78, 5) is 27.0. The number of amides is 2. The SMILES string of the molecule is CCOc1ccc(C(=O)N2CCCC(CNC(=O)C3CCCN3)C2)cc1OC. The Bertz CT molecular complexity index is 688. The molecule has 2 saturated heterocycles. The van der Waals surface area contributed by atoms with Crippen LogP contribution in [0.15, 0.2) is 18.2 Å². The van der Waals surface area contributed by atoms with Crippen molar-refractivity contribution < 1.29 is 19.1 Å². The van der Waals surface area contributed by atoms with Crippen LogP contribution in [-0.4, -0.2) is 62.7 Å². The number of piperidine rings is 1. The van der Waals surface area contributed by atoms with Crippen LogP contribution in [-0.2, 0) is 4.79 Å². The maximum atomic E-state index is 13.0. The van der Waals surface area contributed by atoms with Crippen molar-refractivity contribution in [3.05, 3.63) is 23.8 Å². The Morgan fingerprint density at radius 1 is 1.25 bits per heavy atom. The highest BCUT2D eigenvalue weighted by atomic mass is 16.5. The number of methoxy groups -OCH3 is 1. The van der Waals surface area contributed by atoms with E-state index in [4.69, 9.17) is 9.47 Å². The maximum Gasteiger partial charge on any atom is 0.254 e. The van der Waals surface area contributed by atoms with Crippen LogP contribution in [0.2, 0.25) is 0 Å². The quantitative estimate of drug-likeness (QED) is 0.744. The predicted octanol–water partition coefficient (Wildman–Crippen LogP) is 1.81. The molecule has 2 N–H and O–H groups in total. The van der Waals surface area contributed by atoms with Gasteiger partial charge < -0.3 is 25.0 Å². The largest absolute Gasteiger partial charge is 0.493 e. The standard InChI is InChI=1S/C21H31N3O4/c1-3-28-18-9-8-16(12-19(18)27-2)21(26)24-11-5-6-15(14-24)13-23-20(25)17-7-4-10-22-17/h8-9,12,15,17,22H,3-7,10-11,13-14H2,1-2H3,(H,23,25). The fraction of sp³-hybridized carbons (Fsp3) is 0.619. The summed E-state index contributed by atoms with van der Waals surface area (Å²) in [6.45, 7) is 5.38. The summed E-state index contributed by atoms with van der Waals surface area (Å²) in [5, 5.41) is 6.28. The molecule has 154 valence electrons. The molecule has 0 radical (unpaired) electrons. The molecule has 2 heterocycles. The van der Waals surface area contributed by atoms with Crippen molar-refractivity contribution in [1.82, 2.24) is 15.5 Å². The summed E-state index contributed by atoms with van der Waals surface area (Å²) in [6, 6.07) is 5.25. The van der Waals surface area contributed by atoms with Gasteiger partial charge in [-0.25, -0.2) is 0 Å². The molecule has 2 unspecified atom stereocenters. The van der Waals surface area contributed by atoms with Gasteiger partial charge in [0, 0.05) is 25.2 Å². The van der Waals surface area contributed by atoms with E-state index in [1.807, 2.05) is 11.8 Å². The van der Waals surface area contributed by atoms with E-state index in [9.17, 15) is 9.59 Å². The predicted molar refractivity (Wildman–Crippen MR) is 107 cm³/mol. The highest BCUT2D eigenvalue weighted by Crippen LogP contribution is 2.29. The molecular formula is C21H31N3O4. The molecule has 2 aliphatic heterocycles. The lowest BCUT2D eigenvalue weighted by Crippen LogP contribution is -2.46. The van der Waals surface area contributed by atoms with Crippen molar-refractivity contribution in [3.8, 4) is 11.5 Å². The van der Waals surface area contributed by atoms with Crippen LogP contribution < -0.4 is 20.1 Å². The first kappa shape index (κ1) is 20.5. The molecule has 2 aliphatic rings. The molecule has 1 aromatic rings. The third kappa shape index (κ3) is 4.95. The topological polar surface area (TPSA) is 79.9 Å². The van der Waals surface area contributed by atoms with Gasteiger partial charge in [0.2, 0.25) is 5.91 Å². The molecule has 0 spiro atoms. The summed E-state index contributed by atoms with van der Waals surface area (Å²) in [5.41, 5.74) is 0.597. The molecule has 2 fully saturated rings. The lowest BCUT2D eigenvalue weighted by molar-refractivity contribution is -0.123. The lowest BCUT2D eigenvalue weighted by atomic mass is 9.97. The first-order valence-corrected chi connectivity index (χ1v) is 10.2. The third-order valence-corrected chi connectivity index (χ3v) is 5.46. The van der Waals surface area contributed by atoms with E-state index < -0.39 is 0 Å². The molecule has 1 aromatic carbocycles. The molecule has 0 saturated carbocycles. The summed E-state index contributed by atoms with van der Waals surface area (Å²) in [5.74, 6) is 1.57. The third-order valence-electron chi connectivity index (χ3n) is 5.46. The molecule has 0 aromatic heterocycles. The summed E-state index contributed by atoms with van der Waals surface area (Å²) >= 11 is 0. The number of nitrogens with one attached hydrogen (secondary N) is 2. The molecule has 2 amide bonds. The van der Waals surface area contributed by atoms with Gasteiger partial charge in [-0.3, -0.25) is 9.59 Å². The van der Waals surface area contributed by atoms with Crippen LogP contribution in [0.5, 0.6) is 11.5 Å². The van der Waals surface area contributed by atoms with Gasteiger partial charge in [0.15, 0.2) is 11.5 Å². The van der Waals surface area contributed by atoms with Gasteiger partial charge in [-0.05, 0) is 63.3 Å². The van der Waals surface area contributed by atoms with Gasteiger partial charge in [-0.15, -0.1) is 0 Å². The van der Waals surface area contributed by atoms with Gasteiger partial charge in [0.05, 0.1) is 19.8 Å². The van der Waals surface area contributed by atoms with Crippen molar-refractivity contribution in [2.45, 2.75) is 38.6 Å². The molecule has 0 bridgehead atoms. The van der Waals surface area contributed by atoms with E-state index in [2.05, 4.69) is 10.6 Å². The first-order valence-electron chi connectivity index (χ1n) is 10.2. The summed E-state index contributed by atoms with van der Waals surface area (Å²) < 4.78 is 10.9.